The van der Waals surface area contributed by atoms with Crippen molar-refractivity contribution in [2.75, 3.05) is 6.54 Å². The Morgan fingerprint density at radius 3 is 1.82 bits per heavy atom. The molecule has 0 aliphatic heterocycles. The Kier molecular flexibility index (Phi) is 13.8. The van der Waals surface area contributed by atoms with E-state index in [2.05, 4.69) is 16.0 Å². The van der Waals surface area contributed by atoms with Crippen LogP contribution in [-0.4, -0.2) is 93.0 Å². The predicted octanol–water partition coefficient (Wildman–Crippen LogP) is -3.39. The van der Waals surface area contributed by atoms with E-state index < -0.39 is 72.5 Å². The Labute approximate surface area is 191 Å². The third kappa shape index (κ3) is 11.6. The predicted molar refractivity (Wildman–Crippen MR) is 115 cm³/mol. The number of aliphatic hydroxyl groups is 2. The molecule has 3 amide bonds. The van der Waals surface area contributed by atoms with Gasteiger partial charge >= 0.3 is 11.9 Å². The summed E-state index contributed by atoms with van der Waals surface area (Å²) in [6, 6.07) is -5.64. The second kappa shape index (κ2) is 15.1. The molecule has 6 unspecified atom stereocenters. The molecule has 0 heterocycles. The number of aliphatic carboxylic acids is 2. The van der Waals surface area contributed by atoms with Crippen molar-refractivity contribution < 1.29 is 44.4 Å². The Bertz CT molecular complexity index is 687. The quantitative estimate of drug-likeness (QED) is 0.0990. The third-order valence-corrected chi connectivity index (χ3v) is 4.73. The number of rotatable bonds is 16. The van der Waals surface area contributed by atoms with Crippen LogP contribution < -0.4 is 27.4 Å². The molecular weight excluding hydrogens is 442 g/mol. The highest BCUT2D eigenvalue weighted by molar-refractivity contribution is 5.94. The fourth-order valence-electron chi connectivity index (χ4n) is 2.69. The summed E-state index contributed by atoms with van der Waals surface area (Å²) in [4.78, 5) is 59.6. The monoisotopic (exact) mass is 477 g/mol. The van der Waals surface area contributed by atoms with Gasteiger partial charge in [0.2, 0.25) is 17.7 Å². The van der Waals surface area contributed by atoms with Crippen LogP contribution in [0.1, 0.15) is 46.0 Å². The number of unbranched alkanes of at least 4 members (excludes halogenated alkanes) is 1. The number of carbonyl (C=O) groups is 5. The van der Waals surface area contributed by atoms with Crippen molar-refractivity contribution in [1.29, 1.82) is 0 Å². The lowest BCUT2D eigenvalue weighted by Crippen LogP contribution is -2.60. The summed E-state index contributed by atoms with van der Waals surface area (Å²) >= 11 is 0. The van der Waals surface area contributed by atoms with Gasteiger partial charge < -0.3 is 47.8 Å². The van der Waals surface area contributed by atoms with Crippen molar-refractivity contribution in [3.05, 3.63) is 0 Å². The first kappa shape index (κ1) is 30.2. The van der Waals surface area contributed by atoms with E-state index in [0.717, 1.165) is 0 Å². The number of aliphatic hydroxyl groups excluding tert-OH is 2. The average molecular weight is 478 g/mol. The third-order valence-electron chi connectivity index (χ3n) is 4.73. The molecule has 0 saturated carbocycles. The number of nitrogens with one attached hydrogen (secondary N) is 3. The van der Waals surface area contributed by atoms with Crippen LogP contribution in [-0.2, 0) is 24.0 Å². The van der Waals surface area contributed by atoms with Gasteiger partial charge in [0.25, 0.3) is 0 Å². The number of carboxylic acid groups (broad SMARTS) is 2. The molecular formula is C19H35N5O9. The van der Waals surface area contributed by atoms with Crippen molar-refractivity contribution in [3.63, 3.8) is 0 Å². The van der Waals surface area contributed by atoms with Crippen LogP contribution in [0.2, 0.25) is 0 Å². The largest absolute Gasteiger partial charge is 0.481 e. The second-order valence-corrected chi connectivity index (χ2v) is 7.67. The summed E-state index contributed by atoms with van der Waals surface area (Å²) in [6.07, 6.45) is -2.54. The molecule has 11 N–H and O–H groups in total. The van der Waals surface area contributed by atoms with Crippen molar-refractivity contribution in [2.45, 2.75) is 82.3 Å². The van der Waals surface area contributed by atoms with E-state index in [1.165, 1.54) is 13.8 Å². The molecule has 14 nitrogen and oxygen atoms in total. The van der Waals surface area contributed by atoms with Gasteiger partial charge in [0.15, 0.2) is 0 Å². The molecule has 0 fully saturated rings. The van der Waals surface area contributed by atoms with Gasteiger partial charge in [0.05, 0.1) is 12.2 Å². The summed E-state index contributed by atoms with van der Waals surface area (Å²) in [5, 5.41) is 44.1. The Balaban J connectivity index is 5.46. The van der Waals surface area contributed by atoms with Crippen LogP contribution in [0.5, 0.6) is 0 Å². The van der Waals surface area contributed by atoms with Gasteiger partial charge in [-0.2, -0.15) is 0 Å². The van der Waals surface area contributed by atoms with Crippen LogP contribution in [0.3, 0.4) is 0 Å². The standard InChI is InChI=1S/C19H35N5O9/c1-9(25)14(21)17(30)24-15(10(2)26)18(31)22-11(5-3-4-8-20)16(29)23-12(19(32)33)6-7-13(27)28/h9-12,14-15,25-26H,3-8,20-21H2,1-2H3,(H,22,31)(H,23,29)(H,24,30)(H,27,28)(H,32,33). The lowest BCUT2D eigenvalue weighted by Gasteiger charge is -2.26. The maximum atomic E-state index is 12.7. The lowest BCUT2D eigenvalue weighted by atomic mass is 10.0. The van der Waals surface area contributed by atoms with E-state index in [-0.39, 0.29) is 12.8 Å². The number of carboxylic acids is 2. The normalized spacial score (nSPS) is 16.4. The highest BCUT2D eigenvalue weighted by Gasteiger charge is 2.33. The maximum absolute atomic E-state index is 12.7. The summed E-state index contributed by atoms with van der Waals surface area (Å²) < 4.78 is 0. The topological polar surface area (TPSA) is 254 Å². The Morgan fingerprint density at radius 2 is 1.36 bits per heavy atom. The van der Waals surface area contributed by atoms with E-state index in [1.807, 2.05) is 0 Å². The smallest absolute Gasteiger partial charge is 0.326 e. The van der Waals surface area contributed by atoms with E-state index >= 15 is 0 Å². The van der Waals surface area contributed by atoms with Crippen LogP contribution in [0, 0.1) is 0 Å². The number of carbonyl (C=O) groups excluding carboxylic acids is 3. The van der Waals surface area contributed by atoms with Gasteiger partial charge in [-0.15, -0.1) is 0 Å². The minimum atomic E-state index is -1.52. The second-order valence-electron chi connectivity index (χ2n) is 7.67. The van der Waals surface area contributed by atoms with Gasteiger partial charge in [0.1, 0.15) is 24.2 Å². The van der Waals surface area contributed by atoms with Gasteiger partial charge in [-0.1, -0.05) is 0 Å². The zero-order valence-electron chi connectivity index (χ0n) is 18.7. The molecule has 6 atom stereocenters. The summed E-state index contributed by atoms with van der Waals surface area (Å²) in [5.41, 5.74) is 11.0. The molecule has 190 valence electrons. The average Bonchev–Trinajstić information content (AvgIpc) is 2.72. The summed E-state index contributed by atoms with van der Waals surface area (Å²) in [5.74, 6) is -5.42. The van der Waals surface area contributed by atoms with Crippen molar-refractivity contribution in [1.82, 2.24) is 16.0 Å². The molecule has 0 rings (SSSR count). The van der Waals surface area contributed by atoms with E-state index in [1.54, 1.807) is 0 Å². The molecule has 0 aromatic carbocycles. The van der Waals surface area contributed by atoms with Gasteiger partial charge in [-0.25, -0.2) is 4.79 Å². The van der Waals surface area contributed by atoms with Crippen LogP contribution in [0.4, 0.5) is 0 Å². The van der Waals surface area contributed by atoms with Crippen molar-refractivity contribution in [2.24, 2.45) is 11.5 Å². The fraction of sp³-hybridized carbons (Fsp3) is 0.737. The molecule has 0 spiro atoms. The van der Waals surface area contributed by atoms with E-state index in [0.29, 0.717) is 19.4 Å². The molecule has 0 aromatic rings. The van der Waals surface area contributed by atoms with Gasteiger partial charge in [-0.05, 0) is 46.1 Å². The van der Waals surface area contributed by atoms with Crippen LogP contribution >= 0.6 is 0 Å². The summed E-state index contributed by atoms with van der Waals surface area (Å²) in [7, 11) is 0. The fourth-order valence-corrected chi connectivity index (χ4v) is 2.69. The Hall–Kier alpha value is -2.81. The minimum absolute atomic E-state index is 0.0632. The summed E-state index contributed by atoms with van der Waals surface area (Å²) in [6.45, 7) is 2.79. The van der Waals surface area contributed by atoms with Gasteiger partial charge in [0, 0.05) is 6.42 Å². The molecule has 0 aliphatic carbocycles. The number of nitrogens with two attached hydrogens (primary N) is 2. The molecule has 14 heteroatoms. The molecule has 0 aliphatic rings. The molecule has 0 saturated heterocycles. The molecule has 0 radical (unpaired) electrons. The van der Waals surface area contributed by atoms with Crippen molar-refractivity contribution in [3.8, 4) is 0 Å². The Morgan fingerprint density at radius 1 is 0.788 bits per heavy atom. The van der Waals surface area contributed by atoms with Crippen LogP contribution in [0.25, 0.3) is 0 Å². The van der Waals surface area contributed by atoms with Crippen molar-refractivity contribution >= 4 is 29.7 Å². The van der Waals surface area contributed by atoms with E-state index in [4.69, 9.17) is 16.6 Å². The first-order valence-electron chi connectivity index (χ1n) is 10.5. The molecule has 0 bridgehead atoms. The first-order valence-corrected chi connectivity index (χ1v) is 10.5. The zero-order chi connectivity index (χ0) is 25.7. The maximum Gasteiger partial charge on any atom is 0.326 e. The lowest BCUT2D eigenvalue weighted by molar-refractivity contribution is -0.143. The number of amides is 3. The molecule has 0 aromatic heterocycles. The van der Waals surface area contributed by atoms with Crippen LogP contribution in [0.15, 0.2) is 0 Å². The molecule has 33 heavy (non-hydrogen) atoms. The van der Waals surface area contributed by atoms with E-state index in [9.17, 15) is 39.3 Å². The highest BCUT2D eigenvalue weighted by atomic mass is 16.4. The SMILES string of the molecule is CC(O)C(N)C(=O)NC(C(=O)NC(CCCCN)C(=O)NC(CCC(=O)O)C(=O)O)C(C)O. The first-order chi connectivity index (χ1) is 15.3. The number of hydrogen-bond donors (Lipinski definition) is 9. The minimum Gasteiger partial charge on any atom is -0.481 e. The van der Waals surface area contributed by atoms with Gasteiger partial charge in [-0.3, -0.25) is 19.2 Å². The zero-order valence-corrected chi connectivity index (χ0v) is 18.7. The number of hydrogen-bond acceptors (Lipinski definition) is 9. The highest BCUT2D eigenvalue weighted by Crippen LogP contribution is 2.06.